The minimum absolute atomic E-state index is 0.158. The van der Waals surface area contributed by atoms with Crippen molar-refractivity contribution in [2.45, 2.75) is 51.5 Å². The van der Waals surface area contributed by atoms with Crippen LogP contribution in [0.1, 0.15) is 45.4 Å². The molecule has 2 rings (SSSR count). The zero-order valence-electron chi connectivity index (χ0n) is 10.9. The molecule has 100 valence electrons. The van der Waals surface area contributed by atoms with Gasteiger partial charge >= 0.3 is 0 Å². The van der Waals surface area contributed by atoms with Crippen LogP contribution in [0.15, 0.2) is 22.7 Å². The van der Waals surface area contributed by atoms with E-state index >= 15 is 0 Å². The first-order valence-electron chi connectivity index (χ1n) is 6.90. The molecule has 0 saturated heterocycles. The summed E-state index contributed by atoms with van der Waals surface area (Å²) in [6.07, 6.45) is 7.51. The van der Waals surface area contributed by atoms with Crippen LogP contribution in [-0.2, 0) is 0 Å². The Bertz CT molecular complexity index is 386. The quantitative estimate of drug-likeness (QED) is 0.789. The van der Waals surface area contributed by atoms with Crippen molar-refractivity contribution in [3.63, 3.8) is 0 Å². The SMILES string of the molecule is CCCC1CCC(Nc2cc(Br)ccc2F)CC1. The molecule has 0 aromatic heterocycles. The number of hydrogen-bond acceptors (Lipinski definition) is 1. The van der Waals surface area contributed by atoms with Gasteiger partial charge in [-0.15, -0.1) is 0 Å². The van der Waals surface area contributed by atoms with E-state index in [1.807, 2.05) is 6.07 Å². The molecular formula is C15H21BrFN. The number of benzene rings is 1. The average Bonchev–Trinajstić information content (AvgIpc) is 2.37. The molecular weight excluding hydrogens is 293 g/mol. The normalized spacial score (nSPS) is 23.9. The molecule has 1 N–H and O–H groups in total. The highest BCUT2D eigenvalue weighted by atomic mass is 79.9. The van der Waals surface area contributed by atoms with Crippen molar-refractivity contribution in [3.8, 4) is 0 Å². The van der Waals surface area contributed by atoms with Crippen molar-refractivity contribution in [1.29, 1.82) is 0 Å². The summed E-state index contributed by atoms with van der Waals surface area (Å²) in [4.78, 5) is 0. The molecule has 0 bridgehead atoms. The Morgan fingerprint density at radius 2 is 2.00 bits per heavy atom. The standard InChI is InChI=1S/C15H21BrFN/c1-2-3-11-4-7-13(8-5-11)18-15-10-12(16)6-9-14(15)17/h6,9-11,13,18H,2-5,7-8H2,1H3. The molecule has 1 aliphatic carbocycles. The lowest BCUT2D eigenvalue weighted by molar-refractivity contribution is 0.318. The molecule has 1 aliphatic rings. The van der Waals surface area contributed by atoms with E-state index in [1.54, 1.807) is 6.07 Å². The summed E-state index contributed by atoms with van der Waals surface area (Å²) in [6.45, 7) is 2.25. The summed E-state index contributed by atoms with van der Waals surface area (Å²) < 4.78 is 14.6. The molecule has 0 aliphatic heterocycles. The molecule has 0 unspecified atom stereocenters. The van der Waals surface area contributed by atoms with Crippen molar-refractivity contribution < 1.29 is 4.39 Å². The minimum atomic E-state index is -0.158. The highest BCUT2D eigenvalue weighted by Crippen LogP contribution is 2.30. The summed E-state index contributed by atoms with van der Waals surface area (Å²) in [5, 5.41) is 3.35. The van der Waals surface area contributed by atoms with Gasteiger partial charge in [0.15, 0.2) is 0 Å². The Labute approximate surface area is 117 Å². The van der Waals surface area contributed by atoms with Crippen LogP contribution >= 0.6 is 15.9 Å². The number of nitrogens with one attached hydrogen (secondary N) is 1. The van der Waals surface area contributed by atoms with Gasteiger partial charge in [0, 0.05) is 10.5 Å². The van der Waals surface area contributed by atoms with Crippen molar-refractivity contribution in [2.24, 2.45) is 5.92 Å². The predicted octanol–water partition coefficient (Wildman–Crippen LogP) is 5.36. The third kappa shape index (κ3) is 3.71. The van der Waals surface area contributed by atoms with Crippen LogP contribution in [0.2, 0.25) is 0 Å². The second-order valence-corrected chi connectivity index (χ2v) is 6.19. The lowest BCUT2D eigenvalue weighted by atomic mass is 9.83. The number of halogens is 2. The summed E-state index contributed by atoms with van der Waals surface area (Å²) in [7, 11) is 0. The van der Waals surface area contributed by atoms with Crippen molar-refractivity contribution >= 4 is 21.6 Å². The molecule has 1 aromatic rings. The summed E-state index contributed by atoms with van der Waals surface area (Å²) in [5.74, 6) is 0.731. The lowest BCUT2D eigenvalue weighted by Gasteiger charge is -2.29. The largest absolute Gasteiger partial charge is 0.380 e. The summed E-state index contributed by atoms with van der Waals surface area (Å²) in [6, 6.07) is 5.50. The van der Waals surface area contributed by atoms with E-state index in [2.05, 4.69) is 28.2 Å². The van der Waals surface area contributed by atoms with Crippen molar-refractivity contribution in [3.05, 3.63) is 28.5 Å². The van der Waals surface area contributed by atoms with E-state index in [4.69, 9.17) is 0 Å². The van der Waals surface area contributed by atoms with Crippen molar-refractivity contribution in [2.75, 3.05) is 5.32 Å². The fourth-order valence-corrected chi connectivity index (χ4v) is 3.19. The van der Waals surface area contributed by atoms with Crippen LogP contribution in [0.5, 0.6) is 0 Å². The van der Waals surface area contributed by atoms with Gasteiger partial charge in [0.2, 0.25) is 0 Å². The van der Waals surface area contributed by atoms with E-state index in [0.29, 0.717) is 11.7 Å². The summed E-state index contributed by atoms with van der Waals surface area (Å²) in [5.41, 5.74) is 0.628. The first-order valence-corrected chi connectivity index (χ1v) is 7.70. The van der Waals surface area contributed by atoms with Gasteiger partial charge in [-0.25, -0.2) is 4.39 Å². The zero-order chi connectivity index (χ0) is 13.0. The molecule has 1 fully saturated rings. The molecule has 0 atom stereocenters. The molecule has 0 amide bonds. The molecule has 1 aromatic carbocycles. The molecule has 3 heteroatoms. The van der Waals surface area contributed by atoms with Gasteiger partial charge in [-0.05, 0) is 49.8 Å². The maximum Gasteiger partial charge on any atom is 0.146 e. The average molecular weight is 314 g/mol. The van der Waals surface area contributed by atoms with Gasteiger partial charge in [-0.3, -0.25) is 0 Å². The minimum Gasteiger partial charge on any atom is -0.380 e. The first-order chi connectivity index (χ1) is 8.69. The van der Waals surface area contributed by atoms with Crippen LogP contribution in [-0.4, -0.2) is 6.04 Å². The Balaban J connectivity index is 1.89. The highest BCUT2D eigenvalue weighted by Gasteiger charge is 2.21. The van der Waals surface area contributed by atoms with E-state index in [0.717, 1.165) is 23.2 Å². The molecule has 1 nitrogen and oxygen atoms in total. The van der Waals surface area contributed by atoms with Crippen LogP contribution < -0.4 is 5.32 Å². The predicted molar refractivity (Wildman–Crippen MR) is 78.4 cm³/mol. The molecule has 0 heterocycles. The van der Waals surface area contributed by atoms with E-state index in [1.165, 1.54) is 31.7 Å². The number of anilines is 1. The molecule has 1 saturated carbocycles. The molecule has 0 radical (unpaired) electrons. The third-order valence-corrected chi connectivity index (χ3v) is 4.32. The van der Waals surface area contributed by atoms with Gasteiger partial charge in [-0.1, -0.05) is 35.7 Å². The smallest absolute Gasteiger partial charge is 0.146 e. The summed E-state index contributed by atoms with van der Waals surface area (Å²) >= 11 is 3.38. The van der Waals surface area contributed by atoms with Gasteiger partial charge in [-0.2, -0.15) is 0 Å². The molecule has 0 spiro atoms. The third-order valence-electron chi connectivity index (χ3n) is 3.83. The number of rotatable bonds is 4. The first kappa shape index (κ1) is 13.9. The van der Waals surface area contributed by atoms with E-state index < -0.39 is 0 Å². The maximum absolute atomic E-state index is 13.6. The Kier molecular flexibility index (Phi) is 5.04. The fraction of sp³-hybridized carbons (Fsp3) is 0.600. The molecule has 18 heavy (non-hydrogen) atoms. The van der Waals surface area contributed by atoms with Crippen LogP contribution in [0.3, 0.4) is 0 Å². The van der Waals surface area contributed by atoms with Crippen LogP contribution in [0.4, 0.5) is 10.1 Å². The van der Waals surface area contributed by atoms with E-state index in [9.17, 15) is 4.39 Å². The second kappa shape index (κ2) is 6.55. The lowest BCUT2D eigenvalue weighted by Crippen LogP contribution is -2.26. The second-order valence-electron chi connectivity index (χ2n) is 5.27. The van der Waals surface area contributed by atoms with Gasteiger partial charge in [0.05, 0.1) is 5.69 Å². The zero-order valence-corrected chi connectivity index (χ0v) is 12.5. The van der Waals surface area contributed by atoms with Gasteiger partial charge < -0.3 is 5.32 Å². The highest BCUT2D eigenvalue weighted by molar-refractivity contribution is 9.10. The van der Waals surface area contributed by atoms with Crippen molar-refractivity contribution in [1.82, 2.24) is 0 Å². The van der Waals surface area contributed by atoms with Gasteiger partial charge in [0.1, 0.15) is 5.82 Å². The topological polar surface area (TPSA) is 12.0 Å². The Morgan fingerprint density at radius 3 is 2.67 bits per heavy atom. The van der Waals surface area contributed by atoms with Crippen LogP contribution in [0.25, 0.3) is 0 Å². The fourth-order valence-electron chi connectivity index (χ4n) is 2.83. The Hall–Kier alpha value is -0.570. The van der Waals surface area contributed by atoms with E-state index in [-0.39, 0.29) is 5.82 Å². The van der Waals surface area contributed by atoms with Gasteiger partial charge in [0.25, 0.3) is 0 Å². The monoisotopic (exact) mass is 313 g/mol. The Morgan fingerprint density at radius 1 is 1.28 bits per heavy atom. The van der Waals surface area contributed by atoms with Crippen LogP contribution in [0, 0.1) is 11.7 Å². The maximum atomic E-state index is 13.6. The number of hydrogen-bond donors (Lipinski definition) is 1.